The third-order valence-electron chi connectivity index (χ3n) is 4.04. The Hall–Kier alpha value is -2.77. The molecule has 1 aliphatic rings. The van der Waals surface area contributed by atoms with Crippen LogP contribution < -0.4 is 4.90 Å². The highest BCUT2D eigenvalue weighted by Gasteiger charge is 2.34. The fraction of sp³-hybridized carbons (Fsp3) is 0.375. The van der Waals surface area contributed by atoms with Crippen molar-refractivity contribution in [1.29, 1.82) is 0 Å². The molecule has 2 aromatic rings. The van der Waals surface area contributed by atoms with Gasteiger partial charge in [0.1, 0.15) is 24.1 Å². The maximum absolute atomic E-state index is 13.9. The van der Waals surface area contributed by atoms with Crippen molar-refractivity contribution in [3.05, 3.63) is 42.6 Å². The van der Waals surface area contributed by atoms with E-state index < -0.39 is 12.1 Å². The second kappa shape index (κ2) is 6.77. The minimum atomic E-state index is -0.975. The van der Waals surface area contributed by atoms with Crippen molar-refractivity contribution in [2.24, 2.45) is 0 Å². The van der Waals surface area contributed by atoms with Crippen molar-refractivity contribution in [1.82, 2.24) is 19.9 Å². The molecule has 8 heteroatoms. The van der Waals surface area contributed by atoms with Crippen molar-refractivity contribution >= 4 is 11.7 Å². The molecule has 2 aromatic heterocycles. The van der Waals surface area contributed by atoms with E-state index in [2.05, 4.69) is 15.0 Å². The quantitative estimate of drug-likeness (QED) is 0.908. The first-order valence-corrected chi connectivity index (χ1v) is 7.62. The van der Waals surface area contributed by atoms with E-state index in [9.17, 15) is 14.3 Å². The summed E-state index contributed by atoms with van der Waals surface area (Å²) in [7, 11) is 1.61. The predicted octanol–water partition coefficient (Wildman–Crippen LogP) is 1.27. The first kappa shape index (κ1) is 16.1. The van der Waals surface area contributed by atoms with Crippen LogP contribution in [0, 0.1) is 0 Å². The number of carbonyl (C=O) groups is 1. The molecule has 3 rings (SSSR count). The zero-order chi connectivity index (χ0) is 17.1. The van der Waals surface area contributed by atoms with Gasteiger partial charge in [-0.2, -0.15) is 0 Å². The smallest absolute Gasteiger partial charge is 0.276 e. The summed E-state index contributed by atoms with van der Waals surface area (Å²) in [6, 6.07) is 4.48. The lowest BCUT2D eigenvalue weighted by Gasteiger charge is -2.29. The summed E-state index contributed by atoms with van der Waals surface area (Å²) in [4.78, 5) is 27.7. The minimum absolute atomic E-state index is 0.0108. The molecule has 1 amide bonds. The molecule has 0 saturated carbocycles. The van der Waals surface area contributed by atoms with Gasteiger partial charge in [0, 0.05) is 32.4 Å². The van der Waals surface area contributed by atoms with Gasteiger partial charge in [-0.1, -0.05) is 0 Å². The van der Waals surface area contributed by atoms with Crippen LogP contribution in [0.15, 0.2) is 36.9 Å². The molecule has 2 atom stereocenters. The molecule has 0 aromatic carbocycles. The van der Waals surface area contributed by atoms with Crippen molar-refractivity contribution in [2.45, 2.75) is 18.6 Å². The van der Waals surface area contributed by atoms with Gasteiger partial charge in [-0.05, 0) is 18.2 Å². The molecule has 0 bridgehead atoms. The molecule has 1 fully saturated rings. The van der Waals surface area contributed by atoms with Crippen LogP contribution in [-0.2, 0) is 0 Å². The number of hydrogen-bond donors (Lipinski definition) is 1. The molecule has 7 nitrogen and oxygen atoms in total. The van der Waals surface area contributed by atoms with Gasteiger partial charge in [0.25, 0.3) is 5.91 Å². The van der Waals surface area contributed by atoms with E-state index in [-0.39, 0.29) is 24.0 Å². The molecule has 24 heavy (non-hydrogen) atoms. The number of amides is 1. The summed E-state index contributed by atoms with van der Waals surface area (Å²) in [5.41, 5.74) is -0.0108. The van der Waals surface area contributed by atoms with Crippen molar-refractivity contribution in [3.8, 4) is 5.75 Å². The average molecular weight is 331 g/mol. The number of anilines is 1. The van der Waals surface area contributed by atoms with E-state index in [4.69, 9.17) is 0 Å². The van der Waals surface area contributed by atoms with Gasteiger partial charge in [0.2, 0.25) is 0 Å². The molecule has 0 unspecified atom stereocenters. The Balaban J connectivity index is 1.74. The van der Waals surface area contributed by atoms with Crippen LogP contribution in [0.1, 0.15) is 16.9 Å². The lowest BCUT2D eigenvalue weighted by Crippen LogP contribution is -2.41. The summed E-state index contributed by atoms with van der Waals surface area (Å²) in [6.07, 6.45) is 3.80. The van der Waals surface area contributed by atoms with Gasteiger partial charge in [0.15, 0.2) is 5.69 Å². The number of rotatable bonds is 4. The maximum Gasteiger partial charge on any atom is 0.276 e. The molecule has 3 heterocycles. The van der Waals surface area contributed by atoms with E-state index in [1.807, 2.05) is 4.90 Å². The topological polar surface area (TPSA) is 82.5 Å². The number of carbonyl (C=O) groups excluding carboxylic acids is 1. The van der Waals surface area contributed by atoms with Crippen molar-refractivity contribution < 1.29 is 14.3 Å². The van der Waals surface area contributed by atoms with Gasteiger partial charge < -0.3 is 14.9 Å². The largest absolute Gasteiger partial charge is 0.505 e. The Bertz CT molecular complexity index is 715. The Morgan fingerprint density at radius 3 is 2.96 bits per heavy atom. The summed E-state index contributed by atoms with van der Waals surface area (Å²) < 4.78 is 13.9. The first-order valence-electron chi connectivity index (χ1n) is 7.62. The molecule has 0 spiro atoms. The third-order valence-corrected chi connectivity index (χ3v) is 4.04. The first-order chi connectivity index (χ1) is 11.6. The van der Waals surface area contributed by atoms with Gasteiger partial charge in [-0.15, -0.1) is 0 Å². The number of aromatic nitrogens is 3. The molecule has 1 aliphatic heterocycles. The minimum Gasteiger partial charge on any atom is -0.505 e. The van der Waals surface area contributed by atoms with E-state index in [1.54, 1.807) is 25.4 Å². The summed E-state index contributed by atoms with van der Waals surface area (Å²) in [5, 5.41) is 9.77. The van der Waals surface area contributed by atoms with Crippen LogP contribution in [-0.4, -0.2) is 63.2 Å². The fourth-order valence-electron chi connectivity index (χ4n) is 2.91. The number of halogens is 1. The molecule has 126 valence electrons. The number of aromatic hydroxyl groups is 1. The van der Waals surface area contributed by atoms with Crippen LogP contribution in [0.2, 0.25) is 0 Å². The van der Waals surface area contributed by atoms with Gasteiger partial charge in [-0.25, -0.2) is 19.3 Å². The Labute approximate surface area is 138 Å². The van der Waals surface area contributed by atoms with Crippen LogP contribution in [0.4, 0.5) is 10.2 Å². The SMILES string of the molecule is CN(C[C@@H]1C[C@H](F)CN1c1ccncn1)C(=O)c1ncccc1O. The number of hydrogen-bond acceptors (Lipinski definition) is 6. The van der Waals surface area contributed by atoms with E-state index in [0.29, 0.717) is 18.8 Å². The molecule has 0 aliphatic carbocycles. The van der Waals surface area contributed by atoms with Crippen molar-refractivity contribution in [3.63, 3.8) is 0 Å². The van der Waals surface area contributed by atoms with Gasteiger partial charge in [0.05, 0.1) is 12.6 Å². The number of likely N-dealkylation sites (N-methyl/N-ethyl adjacent to an activating group) is 1. The van der Waals surface area contributed by atoms with E-state index in [1.165, 1.54) is 23.5 Å². The Morgan fingerprint density at radius 2 is 2.25 bits per heavy atom. The van der Waals surface area contributed by atoms with Gasteiger partial charge in [-0.3, -0.25) is 4.79 Å². The summed E-state index contributed by atoms with van der Waals surface area (Å²) in [6.45, 7) is 0.540. The van der Waals surface area contributed by atoms with Crippen LogP contribution in [0.25, 0.3) is 0 Å². The van der Waals surface area contributed by atoms with Crippen LogP contribution >= 0.6 is 0 Å². The average Bonchev–Trinajstić information content (AvgIpc) is 2.96. The number of alkyl halides is 1. The second-order valence-corrected chi connectivity index (χ2v) is 5.76. The summed E-state index contributed by atoms with van der Waals surface area (Å²) in [5.74, 6) is 0.0616. The fourth-order valence-corrected chi connectivity index (χ4v) is 2.91. The zero-order valence-electron chi connectivity index (χ0n) is 13.2. The third kappa shape index (κ3) is 3.27. The van der Waals surface area contributed by atoms with Crippen LogP contribution in [0.5, 0.6) is 5.75 Å². The molecule has 0 radical (unpaired) electrons. The molecule has 1 saturated heterocycles. The lowest BCUT2D eigenvalue weighted by molar-refractivity contribution is 0.0776. The molecular formula is C16H18FN5O2. The van der Waals surface area contributed by atoms with Crippen molar-refractivity contribution in [2.75, 3.05) is 25.0 Å². The Kier molecular flexibility index (Phi) is 4.54. The highest BCUT2D eigenvalue weighted by atomic mass is 19.1. The standard InChI is InChI=1S/C16H18FN5O2/c1-21(16(24)15-13(23)3-2-5-19-15)9-12-7-11(17)8-22(12)14-4-6-18-10-20-14/h2-6,10-12,23H,7-9H2,1H3/t11-,12-/m0/s1. The highest BCUT2D eigenvalue weighted by molar-refractivity contribution is 5.94. The second-order valence-electron chi connectivity index (χ2n) is 5.76. The highest BCUT2D eigenvalue weighted by Crippen LogP contribution is 2.26. The number of pyridine rings is 1. The molecular weight excluding hydrogens is 313 g/mol. The Morgan fingerprint density at radius 1 is 1.42 bits per heavy atom. The zero-order valence-corrected chi connectivity index (χ0v) is 13.2. The maximum atomic E-state index is 13.9. The molecule has 1 N–H and O–H groups in total. The normalized spacial score (nSPS) is 20.2. The van der Waals surface area contributed by atoms with Crippen LogP contribution in [0.3, 0.4) is 0 Å². The van der Waals surface area contributed by atoms with E-state index >= 15 is 0 Å². The lowest BCUT2D eigenvalue weighted by atomic mass is 10.2. The predicted molar refractivity (Wildman–Crippen MR) is 85.5 cm³/mol. The number of nitrogens with zero attached hydrogens (tertiary/aromatic N) is 5. The van der Waals surface area contributed by atoms with E-state index in [0.717, 1.165) is 0 Å². The summed E-state index contributed by atoms with van der Waals surface area (Å²) >= 11 is 0. The monoisotopic (exact) mass is 331 g/mol. The van der Waals surface area contributed by atoms with Gasteiger partial charge >= 0.3 is 0 Å².